The molecule has 0 unspecified atom stereocenters. The molecule has 1 aromatic carbocycles. The van der Waals surface area contributed by atoms with Crippen molar-refractivity contribution in [3.8, 4) is 11.5 Å². The summed E-state index contributed by atoms with van der Waals surface area (Å²) < 4.78 is 19.9. The summed E-state index contributed by atoms with van der Waals surface area (Å²) in [4.78, 5) is 22.5. The zero-order chi connectivity index (χ0) is 18.4. The van der Waals surface area contributed by atoms with Crippen molar-refractivity contribution >= 4 is 34.1 Å². The summed E-state index contributed by atoms with van der Waals surface area (Å²) in [5.41, 5.74) is 1.64. The van der Waals surface area contributed by atoms with Gasteiger partial charge in [-0.15, -0.1) is 0 Å². The molecule has 1 aliphatic heterocycles. The third-order valence-corrected chi connectivity index (χ3v) is 4.83. The lowest BCUT2D eigenvalue weighted by atomic mass is 10.0. The van der Waals surface area contributed by atoms with Gasteiger partial charge in [-0.2, -0.15) is 4.98 Å². The Kier molecular flexibility index (Phi) is 4.11. The van der Waals surface area contributed by atoms with E-state index >= 15 is 0 Å². The molecule has 3 heterocycles. The number of ketones is 1. The summed E-state index contributed by atoms with van der Waals surface area (Å²) in [6.07, 6.45) is 0.869. The fraction of sp³-hybridized carbons (Fsp3) is 0.333. The SMILES string of the molecule is Cc1noc(-c2c(N3CCC(=O)CC3)nc3c(F)cc(Cl)cc3c2C)n1. The fourth-order valence-electron chi connectivity index (χ4n) is 3.28. The first-order chi connectivity index (χ1) is 12.4. The molecule has 0 bridgehead atoms. The predicted molar refractivity (Wildman–Crippen MR) is 95.9 cm³/mol. The second-order valence-electron chi connectivity index (χ2n) is 6.39. The van der Waals surface area contributed by atoms with E-state index in [1.165, 1.54) is 6.07 Å². The summed E-state index contributed by atoms with van der Waals surface area (Å²) in [6, 6.07) is 2.93. The van der Waals surface area contributed by atoms with Crippen LogP contribution < -0.4 is 4.90 Å². The molecule has 0 atom stereocenters. The van der Waals surface area contributed by atoms with E-state index in [4.69, 9.17) is 16.1 Å². The van der Waals surface area contributed by atoms with Gasteiger partial charge in [0.2, 0.25) is 0 Å². The summed E-state index contributed by atoms with van der Waals surface area (Å²) in [6.45, 7) is 4.62. The van der Waals surface area contributed by atoms with E-state index < -0.39 is 5.82 Å². The molecule has 0 spiro atoms. The summed E-state index contributed by atoms with van der Waals surface area (Å²) in [7, 11) is 0. The van der Waals surface area contributed by atoms with Gasteiger partial charge in [0, 0.05) is 36.3 Å². The Morgan fingerprint density at radius 2 is 1.92 bits per heavy atom. The zero-order valence-electron chi connectivity index (χ0n) is 14.3. The predicted octanol–water partition coefficient (Wildman–Crippen LogP) is 3.86. The topological polar surface area (TPSA) is 72.1 Å². The molecule has 0 N–H and O–H groups in total. The van der Waals surface area contributed by atoms with Crippen LogP contribution in [0.15, 0.2) is 16.7 Å². The summed E-state index contributed by atoms with van der Waals surface area (Å²) in [5.74, 6) is 1.09. The van der Waals surface area contributed by atoms with E-state index in [1.807, 2.05) is 11.8 Å². The molecule has 0 saturated carbocycles. The zero-order valence-corrected chi connectivity index (χ0v) is 15.1. The second-order valence-corrected chi connectivity index (χ2v) is 6.83. The van der Waals surface area contributed by atoms with Gasteiger partial charge in [-0.1, -0.05) is 16.8 Å². The fourth-order valence-corrected chi connectivity index (χ4v) is 3.49. The van der Waals surface area contributed by atoms with Gasteiger partial charge in [0.1, 0.15) is 17.1 Å². The van der Waals surface area contributed by atoms with Crippen LogP contribution in [-0.2, 0) is 4.79 Å². The van der Waals surface area contributed by atoms with Crippen molar-refractivity contribution in [2.24, 2.45) is 0 Å². The van der Waals surface area contributed by atoms with Gasteiger partial charge in [-0.05, 0) is 31.5 Å². The molecule has 1 fully saturated rings. The van der Waals surface area contributed by atoms with Gasteiger partial charge in [-0.3, -0.25) is 4.79 Å². The van der Waals surface area contributed by atoms with E-state index in [0.717, 1.165) is 5.56 Å². The Hall–Kier alpha value is -2.54. The lowest BCUT2D eigenvalue weighted by molar-refractivity contribution is -0.119. The van der Waals surface area contributed by atoms with Crippen LogP contribution in [0.1, 0.15) is 24.2 Å². The molecule has 2 aromatic heterocycles. The Morgan fingerprint density at radius 1 is 1.19 bits per heavy atom. The van der Waals surface area contributed by atoms with Gasteiger partial charge in [0.05, 0.1) is 5.56 Å². The maximum absolute atomic E-state index is 14.5. The van der Waals surface area contributed by atoms with Crippen LogP contribution in [0, 0.1) is 19.7 Å². The molecule has 0 aliphatic carbocycles. The first-order valence-electron chi connectivity index (χ1n) is 8.30. The van der Waals surface area contributed by atoms with Gasteiger partial charge < -0.3 is 9.42 Å². The highest BCUT2D eigenvalue weighted by molar-refractivity contribution is 6.31. The second kappa shape index (κ2) is 6.32. The molecular formula is C18H16ClFN4O2. The van der Waals surface area contributed by atoms with Crippen molar-refractivity contribution in [2.45, 2.75) is 26.7 Å². The molecule has 6 nitrogen and oxygen atoms in total. The number of halogens is 2. The number of aryl methyl sites for hydroxylation is 2. The van der Waals surface area contributed by atoms with Crippen molar-refractivity contribution in [3.63, 3.8) is 0 Å². The molecule has 134 valence electrons. The number of carbonyl (C=O) groups is 1. The maximum Gasteiger partial charge on any atom is 0.261 e. The number of hydrogen-bond acceptors (Lipinski definition) is 6. The number of hydrogen-bond donors (Lipinski definition) is 0. The molecule has 26 heavy (non-hydrogen) atoms. The van der Waals surface area contributed by atoms with Crippen LogP contribution in [0.4, 0.5) is 10.2 Å². The average molecular weight is 375 g/mol. The molecule has 0 amide bonds. The first-order valence-corrected chi connectivity index (χ1v) is 8.68. The van der Waals surface area contributed by atoms with Crippen LogP contribution in [0.3, 0.4) is 0 Å². The molecule has 0 radical (unpaired) electrons. The van der Waals surface area contributed by atoms with E-state index in [0.29, 0.717) is 59.4 Å². The van der Waals surface area contributed by atoms with Gasteiger partial charge in [0.25, 0.3) is 5.89 Å². The largest absolute Gasteiger partial charge is 0.355 e. The molecule has 4 rings (SSSR count). The monoisotopic (exact) mass is 374 g/mol. The number of benzene rings is 1. The third kappa shape index (κ3) is 2.82. The van der Waals surface area contributed by atoms with Gasteiger partial charge in [0.15, 0.2) is 11.6 Å². The number of carbonyl (C=O) groups excluding carboxylic acids is 1. The van der Waals surface area contributed by atoms with Crippen LogP contribution in [0.5, 0.6) is 0 Å². The number of nitrogens with zero attached hydrogens (tertiary/aromatic N) is 4. The smallest absolute Gasteiger partial charge is 0.261 e. The van der Waals surface area contributed by atoms with Crippen molar-refractivity contribution in [3.05, 3.63) is 34.4 Å². The highest BCUT2D eigenvalue weighted by Crippen LogP contribution is 2.38. The minimum absolute atomic E-state index is 0.215. The standard InChI is InChI=1S/C18H16ClFN4O2/c1-9-13-7-11(19)8-14(20)16(13)22-17(24-5-3-12(25)4-6-24)15(9)18-21-10(2)23-26-18/h7-8H,3-6H2,1-2H3. The van der Waals surface area contributed by atoms with E-state index in [-0.39, 0.29) is 11.3 Å². The van der Waals surface area contributed by atoms with E-state index in [2.05, 4.69) is 15.1 Å². The Balaban J connectivity index is 1.99. The highest BCUT2D eigenvalue weighted by Gasteiger charge is 2.26. The normalized spacial score (nSPS) is 15.1. The number of Topliss-reactive ketones (excluding diaryl/α,β-unsaturated/α-hetero) is 1. The average Bonchev–Trinajstić information content (AvgIpc) is 3.02. The quantitative estimate of drug-likeness (QED) is 0.678. The van der Waals surface area contributed by atoms with Crippen LogP contribution in [0.25, 0.3) is 22.4 Å². The number of piperidine rings is 1. The third-order valence-electron chi connectivity index (χ3n) is 4.61. The lowest BCUT2D eigenvalue weighted by Crippen LogP contribution is -2.34. The van der Waals surface area contributed by atoms with Crippen molar-refractivity contribution < 1.29 is 13.7 Å². The van der Waals surface area contributed by atoms with E-state index in [1.54, 1.807) is 13.0 Å². The lowest BCUT2D eigenvalue weighted by Gasteiger charge is -2.29. The van der Waals surface area contributed by atoms with Crippen molar-refractivity contribution in [2.75, 3.05) is 18.0 Å². The van der Waals surface area contributed by atoms with Crippen molar-refractivity contribution in [1.29, 1.82) is 0 Å². The van der Waals surface area contributed by atoms with Gasteiger partial charge >= 0.3 is 0 Å². The number of fused-ring (bicyclic) bond motifs is 1. The first kappa shape index (κ1) is 16.9. The Bertz CT molecular complexity index is 1020. The van der Waals surface area contributed by atoms with Crippen LogP contribution in [0.2, 0.25) is 5.02 Å². The van der Waals surface area contributed by atoms with Crippen LogP contribution >= 0.6 is 11.6 Å². The van der Waals surface area contributed by atoms with E-state index in [9.17, 15) is 9.18 Å². The minimum Gasteiger partial charge on any atom is -0.355 e. The molecule has 3 aromatic rings. The molecule has 1 aliphatic rings. The van der Waals surface area contributed by atoms with Crippen LogP contribution in [-0.4, -0.2) is 34.0 Å². The number of pyridine rings is 1. The van der Waals surface area contributed by atoms with Gasteiger partial charge in [-0.25, -0.2) is 9.37 Å². The Morgan fingerprint density at radius 3 is 2.58 bits per heavy atom. The van der Waals surface area contributed by atoms with Crippen molar-refractivity contribution in [1.82, 2.24) is 15.1 Å². The number of anilines is 1. The number of aromatic nitrogens is 3. The number of rotatable bonds is 2. The summed E-state index contributed by atoms with van der Waals surface area (Å²) in [5, 5.41) is 4.75. The molecule has 1 saturated heterocycles. The summed E-state index contributed by atoms with van der Waals surface area (Å²) >= 11 is 6.04. The minimum atomic E-state index is -0.488. The molecular weight excluding hydrogens is 359 g/mol. The highest BCUT2D eigenvalue weighted by atomic mass is 35.5. The Labute approximate surface area is 154 Å². The molecule has 8 heteroatoms. The maximum atomic E-state index is 14.5.